The molecule has 0 saturated carbocycles. The molecule has 18 heavy (non-hydrogen) atoms. The first kappa shape index (κ1) is 13.1. The highest BCUT2D eigenvalue weighted by atomic mass is 19.3. The Morgan fingerprint density at radius 1 is 1.39 bits per heavy atom. The van der Waals surface area contributed by atoms with Crippen LogP contribution >= 0.6 is 0 Å². The number of alkyl halides is 2. The van der Waals surface area contributed by atoms with Crippen molar-refractivity contribution >= 4 is 5.78 Å². The summed E-state index contributed by atoms with van der Waals surface area (Å²) in [7, 11) is 0. The number of likely N-dealkylation sites (tertiary alicyclic amines) is 1. The van der Waals surface area contributed by atoms with E-state index < -0.39 is 5.92 Å². The maximum Gasteiger partial charge on any atom is 0.250 e. The largest absolute Gasteiger partial charge is 0.299 e. The molecule has 0 unspecified atom stereocenters. The zero-order chi connectivity index (χ0) is 13.2. The summed E-state index contributed by atoms with van der Waals surface area (Å²) < 4.78 is 26.0. The van der Waals surface area contributed by atoms with Crippen LogP contribution in [-0.2, 0) is 6.54 Å². The molecule has 1 aromatic rings. The first-order chi connectivity index (χ1) is 8.46. The number of hydrogen-bond donors (Lipinski definition) is 0. The van der Waals surface area contributed by atoms with Gasteiger partial charge in [-0.3, -0.25) is 14.7 Å². The summed E-state index contributed by atoms with van der Waals surface area (Å²) in [4.78, 5) is 17.1. The van der Waals surface area contributed by atoms with E-state index in [0.29, 0.717) is 25.3 Å². The second-order valence-electron chi connectivity index (χ2n) is 4.74. The minimum absolute atomic E-state index is 0.0702. The van der Waals surface area contributed by atoms with E-state index in [1.807, 2.05) is 11.0 Å². The Bertz CT molecular complexity index is 421. The molecule has 5 heteroatoms. The third kappa shape index (κ3) is 3.32. The molecule has 0 atom stereocenters. The summed E-state index contributed by atoms with van der Waals surface area (Å²) >= 11 is 0. The van der Waals surface area contributed by atoms with Gasteiger partial charge in [-0.05, 0) is 11.6 Å². The van der Waals surface area contributed by atoms with Gasteiger partial charge in [0.25, 0.3) is 5.92 Å². The van der Waals surface area contributed by atoms with Crippen LogP contribution in [0.3, 0.4) is 0 Å². The maximum atomic E-state index is 13.0. The predicted octanol–water partition coefficient (Wildman–Crippen LogP) is 2.52. The fraction of sp³-hybridized carbons (Fsp3) is 0.538. The Labute approximate surface area is 105 Å². The molecule has 2 rings (SSSR count). The number of carbonyl (C=O) groups excluding carboxylic acids is 1. The highest BCUT2D eigenvalue weighted by Gasteiger charge is 2.33. The molecule has 1 aliphatic rings. The minimum Gasteiger partial charge on any atom is -0.299 e. The van der Waals surface area contributed by atoms with Crippen molar-refractivity contribution in [3.8, 4) is 0 Å². The summed E-state index contributed by atoms with van der Waals surface area (Å²) in [6, 6.07) is 3.51. The lowest BCUT2D eigenvalue weighted by Gasteiger charge is -2.31. The van der Waals surface area contributed by atoms with Crippen molar-refractivity contribution in [2.75, 3.05) is 13.1 Å². The third-order valence-corrected chi connectivity index (χ3v) is 3.18. The lowest BCUT2D eigenvalue weighted by Crippen LogP contribution is -2.38. The molecule has 1 aliphatic heterocycles. The molecule has 0 radical (unpaired) electrons. The van der Waals surface area contributed by atoms with Gasteiger partial charge >= 0.3 is 0 Å². The number of hydrogen-bond acceptors (Lipinski definition) is 3. The van der Waals surface area contributed by atoms with Gasteiger partial charge in [0.2, 0.25) is 0 Å². The number of piperidine rings is 1. The van der Waals surface area contributed by atoms with E-state index in [2.05, 4.69) is 4.98 Å². The molecule has 0 amide bonds. The summed E-state index contributed by atoms with van der Waals surface area (Å²) in [6.45, 7) is 2.89. The van der Waals surface area contributed by atoms with Gasteiger partial charge in [0, 0.05) is 45.6 Å². The Morgan fingerprint density at radius 3 is 2.56 bits per heavy atom. The van der Waals surface area contributed by atoms with E-state index in [4.69, 9.17) is 0 Å². The number of aromatic nitrogens is 1. The number of rotatable bonds is 3. The second-order valence-corrected chi connectivity index (χ2v) is 4.74. The van der Waals surface area contributed by atoms with E-state index in [1.165, 1.54) is 6.92 Å². The molecule has 1 fully saturated rings. The number of carbonyl (C=O) groups is 1. The Hall–Kier alpha value is -1.36. The highest BCUT2D eigenvalue weighted by molar-refractivity contribution is 5.91. The topological polar surface area (TPSA) is 33.2 Å². The van der Waals surface area contributed by atoms with E-state index in [0.717, 1.165) is 5.56 Å². The van der Waals surface area contributed by atoms with Crippen molar-refractivity contribution in [1.82, 2.24) is 9.88 Å². The van der Waals surface area contributed by atoms with Crippen molar-refractivity contribution in [1.29, 1.82) is 0 Å². The monoisotopic (exact) mass is 254 g/mol. The standard InChI is InChI=1S/C13H16F2N2O/c1-10(18)12-3-2-11(8-16-12)9-17-6-4-13(14,15)5-7-17/h2-3,8H,4-7,9H2,1H3. The second kappa shape index (κ2) is 5.10. The zero-order valence-corrected chi connectivity index (χ0v) is 10.3. The molecular formula is C13H16F2N2O. The Morgan fingerprint density at radius 2 is 2.06 bits per heavy atom. The van der Waals surface area contributed by atoms with Crippen LogP contribution in [0.5, 0.6) is 0 Å². The molecule has 3 nitrogen and oxygen atoms in total. The van der Waals surface area contributed by atoms with Gasteiger partial charge in [-0.25, -0.2) is 8.78 Å². The van der Waals surface area contributed by atoms with Crippen LogP contribution in [0, 0.1) is 0 Å². The van der Waals surface area contributed by atoms with Crippen molar-refractivity contribution in [2.24, 2.45) is 0 Å². The van der Waals surface area contributed by atoms with Gasteiger partial charge < -0.3 is 0 Å². The molecule has 1 saturated heterocycles. The molecule has 0 spiro atoms. The smallest absolute Gasteiger partial charge is 0.250 e. The number of pyridine rings is 1. The average Bonchev–Trinajstić information content (AvgIpc) is 2.33. The van der Waals surface area contributed by atoms with Gasteiger partial charge in [0.1, 0.15) is 5.69 Å². The summed E-state index contributed by atoms with van der Waals surface area (Å²) in [6.07, 6.45) is 1.49. The molecular weight excluding hydrogens is 238 g/mol. The lowest BCUT2D eigenvalue weighted by molar-refractivity contribution is -0.0566. The van der Waals surface area contributed by atoms with Crippen LogP contribution in [-0.4, -0.2) is 34.7 Å². The van der Waals surface area contributed by atoms with Crippen LogP contribution < -0.4 is 0 Å². The van der Waals surface area contributed by atoms with Crippen molar-refractivity contribution in [2.45, 2.75) is 32.2 Å². The Balaban J connectivity index is 1.92. The number of nitrogens with zero attached hydrogens (tertiary/aromatic N) is 2. The van der Waals surface area contributed by atoms with Gasteiger partial charge in [-0.1, -0.05) is 6.07 Å². The zero-order valence-electron chi connectivity index (χ0n) is 10.3. The fourth-order valence-electron chi connectivity index (χ4n) is 2.02. The van der Waals surface area contributed by atoms with Crippen molar-refractivity contribution < 1.29 is 13.6 Å². The number of ketones is 1. The van der Waals surface area contributed by atoms with Crippen molar-refractivity contribution in [3.63, 3.8) is 0 Å². The first-order valence-corrected chi connectivity index (χ1v) is 6.02. The summed E-state index contributed by atoms with van der Waals surface area (Å²) in [5, 5.41) is 0. The molecule has 0 aromatic carbocycles. The molecule has 98 valence electrons. The SMILES string of the molecule is CC(=O)c1ccc(CN2CCC(F)(F)CC2)cn1. The fourth-order valence-corrected chi connectivity index (χ4v) is 2.02. The molecule has 0 aliphatic carbocycles. The van der Waals surface area contributed by atoms with E-state index >= 15 is 0 Å². The van der Waals surface area contributed by atoms with Crippen LogP contribution in [0.15, 0.2) is 18.3 Å². The van der Waals surface area contributed by atoms with E-state index in [1.54, 1.807) is 12.3 Å². The normalized spacial score (nSPS) is 19.7. The highest BCUT2D eigenvalue weighted by Crippen LogP contribution is 2.28. The van der Waals surface area contributed by atoms with Gasteiger partial charge in [-0.15, -0.1) is 0 Å². The first-order valence-electron chi connectivity index (χ1n) is 6.02. The number of halogens is 2. The van der Waals surface area contributed by atoms with Gasteiger partial charge in [0.15, 0.2) is 5.78 Å². The summed E-state index contributed by atoms with van der Waals surface area (Å²) in [5.74, 6) is -2.58. The predicted molar refractivity (Wildman–Crippen MR) is 63.7 cm³/mol. The van der Waals surface area contributed by atoms with Crippen LogP contribution in [0.4, 0.5) is 8.78 Å². The third-order valence-electron chi connectivity index (χ3n) is 3.18. The summed E-state index contributed by atoms with van der Waals surface area (Å²) in [5.41, 5.74) is 1.38. The van der Waals surface area contributed by atoms with Gasteiger partial charge in [-0.2, -0.15) is 0 Å². The Kier molecular flexibility index (Phi) is 3.71. The van der Waals surface area contributed by atoms with E-state index in [9.17, 15) is 13.6 Å². The quantitative estimate of drug-likeness (QED) is 0.777. The van der Waals surface area contributed by atoms with Crippen molar-refractivity contribution in [3.05, 3.63) is 29.6 Å². The molecule has 2 heterocycles. The minimum atomic E-state index is -2.51. The van der Waals surface area contributed by atoms with E-state index in [-0.39, 0.29) is 18.6 Å². The maximum absolute atomic E-state index is 13.0. The molecule has 0 N–H and O–H groups in total. The van der Waals surface area contributed by atoms with Gasteiger partial charge in [0.05, 0.1) is 0 Å². The molecule has 0 bridgehead atoms. The van der Waals surface area contributed by atoms with Crippen LogP contribution in [0.25, 0.3) is 0 Å². The lowest BCUT2D eigenvalue weighted by atomic mass is 10.1. The molecule has 1 aromatic heterocycles. The number of Topliss-reactive ketones (excluding diaryl/α,β-unsaturated/α-hetero) is 1. The average molecular weight is 254 g/mol. The van der Waals surface area contributed by atoms with Crippen LogP contribution in [0.2, 0.25) is 0 Å². The van der Waals surface area contributed by atoms with Crippen LogP contribution in [0.1, 0.15) is 35.8 Å².